The minimum absolute atomic E-state index is 0. The normalized spacial score (nSPS) is 16.2. The zero-order chi connectivity index (χ0) is 32.7. The van der Waals surface area contributed by atoms with E-state index in [0.717, 1.165) is 65.2 Å². The molecule has 3 heterocycles. The molecule has 1 aliphatic rings. The van der Waals surface area contributed by atoms with Crippen LogP contribution in [0.25, 0.3) is 33.3 Å². The van der Waals surface area contributed by atoms with E-state index in [1.807, 2.05) is 41.0 Å². The monoisotopic (exact) mass is 819 g/mol. The molecule has 6 aromatic rings. The zero-order valence-corrected chi connectivity index (χ0v) is 30.5. The van der Waals surface area contributed by atoms with Gasteiger partial charge in [0.2, 0.25) is 0 Å². The van der Waals surface area contributed by atoms with E-state index in [2.05, 4.69) is 74.6 Å². The summed E-state index contributed by atoms with van der Waals surface area (Å²) in [5.41, 5.74) is 9.02. The van der Waals surface area contributed by atoms with Crippen molar-refractivity contribution >= 4 is 21.8 Å². The SMILES string of the molecule is CCCc1nn(-c2[c-]c(Oc3[c-]c4c(cc3)c3ccccc3n4-c3cc(F)ccn3)cc(C)c2)c(CCC)c1C1C(C)=CCC[C@@H]1C.[Pt+2]. The van der Waals surface area contributed by atoms with Crippen molar-refractivity contribution in [2.45, 2.75) is 79.1 Å². The Morgan fingerprint density at radius 3 is 2.52 bits per heavy atom. The van der Waals surface area contributed by atoms with Crippen LogP contribution in [0.2, 0.25) is 0 Å². The van der Waals surface area contributed by atoms with E-state index >= 15 is 0 Å². The predicted molar refractivity (Wildman–Crippen MR) is 187 cm³/mol. The number of hydrogen-bond acceptors (Lipinski definition) is 3. The maximum absolute atomic E-state index is 14.3. The van der Waals surface area contributed by atoms with Crippen LogP contribution >= 0.6 is 0 Å². The summed E-state index contributed by atoms with van der Waals surface area (Å²) in [4.78, 5) is 4.48. The average Bonchev–Trinajstić information content (AvgIpc) is 3.56. The van der Waals surface area contributed by atoms with Crippen molar-refractivity contribution in [1.29, 1.82) is 0 Å². The van der Waals surface area contributed by atoms with Crippen molar-refractivity contribution in [3.63, 3.8) is 0 Å². The smallest absolute Gasteiger partial charge is 0.509 e. The summed E-state index contributed by atoms with van der Waals surface area (Å²) in [6, 6.07) is 26.0. The number of benzene rings is 3. The molecule has 0 radical (unpaired) electrons. The number of nitrogens with zero attached hydrogens (tertiary/aromatic N) is 4. The van der Waals surface area contributed by atoms with Gasteiger partial charge in [0.25, 0.3) is 0 Å². The van der Waals surface area contributed by atoms with Gasteiger partial charge < -0.3 is 9.30 Å². The topological polar surface area (TPSA) is 44.9 Å². The molecule has 2 atom stereocenters. The van der Waals surface area contributed by atoms with Crippen LogP contribution in [0.3, 0.4) is 0 Å². The first-order chi connectivity index (χ1) is 22.9. The van der Waals surface area contributed by atoms with Gasteiger partial charge in [-0.25, -0.2) is 9.37 Å². The molecule has 0 aliphatic heterocycles. The van der Waals surface area contributed by atoms with Gasteiger partial charge in [-0.05, 0) is 61.7 Å². The number of rotatable bonds is 9. The molecular formula is C41H41FN4OPt. The van der Waals surface area contributed by atoms with Gasteiger partial charge in [0.15, 0.2) is 0 Å². The standard InChI is InChI=1S/C41H41FN4O.Pt/c1-6-11-35-41(40-27(4)13-10-14-28(40)5)37(12-7-2)46(44-35)30-21-26(3)22-32(24-30)47-31-17-18-34-33-15-8-9-16-36(33)45(38(34)25-31)39-23-29(42)19-20-43-39;/h8-9,13,15-23,28,40H,6-7,10-12,14H2,1-5H3;/q-2;+2/t28-,40?;/m0./s1. The average molecular weight is 820 g/mol. The molecule has 48 heavy (non-hydrogen) atoms. The van der Waals surface area contributed by atoms with E-state index in [9.17, 15) is 4.39 Å². The van der Waals surface area contributed by atoms with Crippen LogP contribution < -0.4 is 4.74 Å². The Balaban J connectivity index is 0.00000401. The van der Waals surface area contributed by atoms with Crippen molar-refractivity contribution in [3.8, 4) is 23.0 Å². The summed E-state index contributed by atoms with van der Waals surface area (Å²) in [6.45, 7) is 11.2. The predicted octanol–water partition coefficient (Wildman–Crippen LogP) is 10.6. The third kappa shape index (κ3) is 6.28. The molecule has 1 aliphatic carbocycles. The number of fused-ring (bicyclic) bond motifs is 3. The fraction of sp³-hybridized carbons (Fsp3) is 0.317. The summed E-state index contributed by atoms with van der Waals surface area (Å²) in [6.07, 6.45) is 10.2. The van der Waals surface area contributed by atoms with Gasteiger partial charge in [0, 0.05) is 46.5 Å². The largest absolute Gasteiger partial charge is 2.00 e. The second-order valence-corrected chi connectivity index (χ2v) is 13.0. The summed E-state index contributed by atoms with van der Waals surface area (Å²) in [7, 11) is 0. The fourth-order valence-corrected chi connectivity index (χ4v) is 7.44. The van der Waals surface area contributed by atoms with Gasteiger partial charge in [0.05, 0.1) is 5.69 Å². The molecule has 0 fully saturated rings. The van der Waals surface area contributed by atoms with Gasteiger partial charge in [-0.3, -0.25) is 4.68 Å². The molecule has 1 unspecified atom stereocenters. The fourth-order valence-electron chi connectivity index (χ4n) is 7.44. The number of aromatic nitrogens is 4. The van der Waals surface area contributed by atoms with Crippen LogP contribution in [0.15, 0.2) is 78.5 Å². The minimum atomic E-state index is -0.342. The van der Waals surface area contributed by atoms with Crippen LogP contribution in [-0.4, -0.2) is 19.3 Å². The first kappa shape index (κ1) is 33.9. The Labute approximate surface area is 297 Å². The van der Waals surface area contributed by atoms with E-state index in [1.165, 1.54) is 47.3 Å². The number of para-hydroxylation sites is 1. The second kappa shape index (κ2) is 14.2. The van der Waals surface area contributed by atoms with Gasteiger partial charge in [-0.1, -0.05) is 75.9 Å². The molecule has 3 aromatic carbocycles. The summed E-state index contributed by atoms with van der Waals surface area (Å²) < 4.78 is 24.9. The molecule has 7 heteroatoms. The van der Waals surface area contributed by atoms with E-state index in [4.69, 9.17) is 9.84 Å². The molecule has 248 valence electrons. The Kier molecular flexibility index (Phi) is 10.0. The molecule has 0 amide bonds. The van der Waals surface area contributed by atoms with Gasteiger partial charge in [-0.2, -0.15) is 16.7 Å². The van der Waals surface area contributed by atoms with Gasteiger partial charge in [-0.15, -0.1) is 35.7 Å². The van der Waals surface area contributed by atoms with Crippen LogP contribution in [0.4, 0.5) is 4.39 Å². The number of aryl methyl sites for hydroxylation is 2. The van der Waals surface area contributed by atoms with Crippen LogP contribution in [0, 0.1) is 30.8 Å². The summed E-state index contributed by atoms with van der Waals surface area (Å²) in [5, 5.41) is 7.33. The van der Waals surface area contributed by atoms with E-state index in [-0.39, 0.29) is 26.9 Å². The molecule has 7 rings (SSSR count). The van der Waals surface area contributed by atoms with Crippen molar-refractivity contribution in [1.82, 2.24) is 19.3 Å². The first-order valence-corrected chi connectivity index (χ1v) is 16.9. The number of hydrogen-bond donors (Lipinski definition) is 0. The molecule has 0 saturated heterocycles. The molecule has 0 N–H and O–H groups in total. The molecule has 5 nitrogen and oxygen atoms in total. The molecule has 0 spiro atoms. The molecular weight excluding hydrogens is 779 g/mol. The number of ether oxygens (including phenoxy) is 1. The van der Waals surface area contributed by atoms with Crippen molar-refractivity contribution in [3.05, 3.63) is 119 Å². The van der Waals surface area contributed by atoms with Crippen LogP contribution in [0.5, 0.6) is 11.5 Å². The first-order valence-electron chi connectivity index (χ1n) is 16.9. The van der Waals surface area contributed by atoms with Crippen molar-refractivity contribution < 1.29 is 30.2 Å². The zero-order valence-electron chi connectivity index (χ0n) is 28.2. The van der Waals surface area contributed by atoms with Crippen LogP contribution in [0.1, 0.15) is 81.8 Å². The number of halogens is 1. The molecule has 0 saturated carbocycles. The maximum Gasteiger partial charge on any atom is 2.00 e. The number of pyridine rings is 1. The molecule has 3 aromatic heterocycles. The second-order valence-electron chi connectivity index (χ2n) is 13.0. The van der Waals surface area contributed by atoms with Crippen molar-refractivity contribution in [2.24, 2.45) is 5.92 Å². The Bertz CT molecular complexity index is 2130. The maximum atomic E-state index is 14.3. The van der Waals surface area contributed by atoms with Gasteiger partial charge in [0.1, 0.15) is 11.6 Å². The Morgan fingerprint density at radius 1 is 0.938 bits per heavy atom. The van der Waals surface area contributed by atoms with E-state index < -0.39 is 0 Å². The van der Waals surface area contributed by atoms with E-state index in [0.29, 0.717) is 29.2 Å². The number of allylic oxidation sites excluding steroid dienone is 2. The minimum Gasteiger partial charge on any atom is -0.509 e. The Hall–Kier alpha value is -4.02. The third-order valence-corrected chi connectivity index (χ3v) is 9.45. The van der Waals surface area contributed by atoms with Crippen molar-refractivity contribution in [2.75, 3.05) is 0 Å². The Morgan fingerprint density at radius 2 is 1.75 bits per heavy atom. The van der Waals surface area contributed by atoms with Gasteiger partial charge >= 0.3 is 21.1 Å². The molecule has 0 bridgehead atoms. The van der Waals surface area contributed by atoms with Crippen LogP contribution in [-0.2, 0) is 33.9 Å². The van der Waals surface area contributed by atoms with E-state index in [1.54, 1.807) is 0 Å². The third-order valence-electron chi connectivity index (χ3n) is 9.45. The summed E-state index contributed by atoms with van der Waals surface area (Å²) >= 11 is 0. The summed E-state index contributed by atoms with van der Waals surface area (Å²) in [5.74, 6) is 2.26. The quantitative estimate of drug-likeness (QED) is 0.108.